The summed E-state index contributed by atoms with van der Waals surface area (Å²) in [4.78, 5) is 9.52. The molecule has 0 aliphatic carbocycles. The first-order valence-electron chi connectivity index (χ1n) is 11.0. The highest BCUT2D eigenvalue weighted by Gasteiger charge is 2.35. The van der Waals surface area contributed by atoms with E-state index in [0.717, 1.165) is 55.5 Å². The van der Waals surface area contributed by atoms with Gasteiger partial charge in [0.1, 0.15) is 0 Å². The van der Waals surface area contributed by atoms with Crippen molar-refractivity contribution in [3.05, 3.63) is 52.5 Å². The second-order valence-electron chi connectivity index (χ2n) is 8.97. The average molecular weight is 426 g/mol. The molecule has 0 saturated carbocycles. The van der Waals surface area contributed by atoms with E-state index in [1.54, 1.807) is 0 Å². The van der Waals surface area contributed by atoms with Gasteiger partial charge in [0.2, 0.25) is 0 Å². The van der Waals surface area contributed by atoms with Crippen LogP contribution in [0, 0.1) is 0 Å². The number of anilines is 2. The van der Waals surface area contributed by atoms with Crippen LogP contribution in [0.15, 0.2) is 41.4 Å². The summed E-state index contributed by atoms with van der Waals surface area (Å²) in [5.41, 5.74) is 5.91. The van der Waals surface area contributed by atoms with Gasteiger partial charge in [0, 0.05) is 48.3 Å². The molecule has 1 unspecified atom stereocenters. The molecule has 0 spiro atoms. The van der Waals surface area contributed by atoms with E-state index in [-0.39, 0.29) is 5.54 Å². The molecule has 0 amide bonds. The molecule has 2 aromatic carbocycles. The molecule has 2 heterocycles. The maximum absolute atomic E-state index is 6.68. The molecule has 160 valence electrons. The monoisotopic (exact) mass is 425 g/mol. The molecule has 2 aliphatic rings. The molecule has 5 heteroatoms. The van der Waals surface area contributed by atoms with E-state index >= 15 is 0 Å². The maximum Gasteiger partial charge on any atom is 0.0642 e. The third-order valence-electron chi connectivity index (χ3n) is 6.40. The second kappa shape index (κ2) is 8.60. The summed E-state index contributed by atoms with van der Waals surface area (Å²) in [5.74, 6) is 0.495. The van der Waals surface area contributed by atoms with Crippen LogP contribution in [0.3, 0.4) is 0 Å². The average Bonchev–Trinajstić information content (AvgIpc) is 2.73. The van der Waals surface area contributed by atoms with Crippen molar-refractivity contribution in [2.75, 3.05) is 42.6 Å². The highest BCUT2D eigenvalue weighted by Crippen LogP contribution is 2.44. The van der Waals surface area contributed by atoms with Crippen LogP contribution < -0.4 is 9.80 Å². The Morgan fingerprint density at radius 3 is 2.53 bits per heavy atom. The van der Waals surface area contributed by atoms with Crippen molar-refractivity contribution in [2.24, 2.45) is 4.99 Å². The van der Waals surface area contributed by atoms with Gasteiger partial charge in [-0.25, -0.2) is 0 Å². The number of fused-ring (bicyclic) bond motifs is 1. The number of ether oxygens (including phenoxy) is 1. The Bertz CT molecular complexity index is 917. The summed E-state index contributed by atoms with van der Waals surface area (Å²) in [6.45, 7) is 13.6. The molecular formula is C25H32ClN3O. The van der Waals surface area contributed by atoms with Gasteiger partial charge < -0.3 is 14.5 Å². The molecular weight excluding hydrogens is 394 g/mol. The van der Waals surface area contributed by atoms with E-state index in [2.05, 4.69) is 73.9 Å². The number of nitrogens with zero attached hydrogens (tertiary/aromatic N) is 3. The minimum Gasteiger partial charge on any atom is -0.378 e. The number of rotatable bonds is 4. The zero-order chi connectivity index (χ0) is 21.3. The lowest BCUT2D eigenvalue weighted by Crippen LogP contribution is -2.48. The number of morpholine rings is 1. The molecule has 2 aromatic rings. The van der Waals surface area contributed by atoms with Gasteiger partial charge in [0.05, 0.1) is 23.9 Å². The summed E-state index contributed by atoms with van der Waals surface area (Å²) in [5, 5.41) is 0.755. The zero-order valence-electron chi connectivity index (χ0n) is 18.5. The fourth-order valence-electron chi connectivity index (χ4n) is 4.93. The Hall–Kier alpha value is -2.04. The van der Waals surface area contributed by atoms with Gasteiger partial charge in [-0.1, -0.05) is 18.5 Å². The van der Waals surface area contributed by atoms with Crippen LogP contribution in [0.25, 0.3) is 0 Å². The standard InChI is InChI=1S/C25H32ClN3O/c1-5-29-24-15-23(26)19(14-22(24)18(2)16-25(29,3)4)17-27-20-6-8-21(9-7-20)28-10-12-30-13-11-28/h6-9,14-15,17-18H,5,10-13,16H2,1-4H3. The van der Waals surface area contributed by atoms with Crippen LogP contribution >= 0.6 is 11.6 Å². The summed E-state index contributed by atoms with van der Waals surface area (Å²) in [7, 11) is 0. The number of hydrogen-bond donors (Lipinski definition) is 0. The van der Waals surface area contributed by atoms with Crippen molar-refractivity contribution in [3.63, 3.8) is 0 Å². The van der Waals surface area contributed by atoms with Crippen LogP contribution in [-0.2, 0) is 4.74 Å². The Kier molecular flexibility index (Phi) is 6.08. The second-order valence-corrected chi connectivity index (χ2v) is 9.38. The van der Waals surface area contributed by atoms with Crippen LogP contribution in [0.2, 0.25) is 5.02 Å². The van der Waals surface area contributed by atoms with Gasteiger partial charge in [-0.3, -0.25) is 4.99 Å². The van der Waals surface area contributed by atoms with E-state index < -0.39 is 0 Å². The van der Waals surface area contributed by atoms with Crippen LogP contribution in [0.5, 0.6) is 0 Å². The van der Waals surface area contributed by atoms with E-state index in [1.807, 2.05) is 6.21 Å². The van der Waals surface area contributed by atoms with E-state index in [1.165, 1.54) is 16.9 Å². The van der Waals surface area contributed by atoms with E-state index in [4.69, 9.17) is 21.3 Å². The third-order valence-corrected chi connectivity index (χ3v) is 6.73. The molecule has 0 N–H and O–H groups in total. The highest BCUT2D eigenvalue weighted by molar-refractivity contribution is 6.33. The molecule has 1 saturated heterocycles. The lowest BCUT2D eigenvalue weighted by atomic mass is 9.79. The third kappa shape index (κ3) is 4.21. The van der Waals surface area contributed by atoms with Crippen molar-refractivity contribution in [1.82, 2.24) is 0 Å². The van der Waals surface area contributed by atoms with Crippen molar-refractivity contribution in [2.45, 2.75) is 45.6 Å². The highest BCUT2D eigenvalue weighted by atomic mass is 35.5. The normalized spacial score (nSPS) is 21.2. The largest absolute Gasteiger partial charge is 0.378 e. The zero-order valence-corrected chi connectivity index (χ0v) is 19.2. The fourth-order valence-corrected chi connectivity index (χ4v) is 5.14. The Morgan fingerprint density at radius 1 is 1.17 bits per heavy atom. The topological polar surface area (TPSA) is 28.1 Å². The fraction of sp³-hybridized carbons (Fsp3) is 0.480. The van der Waals surface area contributed by atoms with Gasteiger partial charge in [-0.2, -0.15) is 0 Å². The summed E-state index contributed by atoms with van der Waals surface area (Å²) in [6, 6.07) is 12.8. The smallest absolute Gasteiger partial charge is 0.0642 e. The molecule has 1 fully saturated rings. The minimum absolute atomic E-state index is 0.141. The van der Waals surface area contributed by atoms with Crippen molar-refractivity contribution >= 4 is 34.9 Å². The van der Waals surface area contributed by atoms with Gasteiger partial charge in [0.25, 0.3) is 0 Å². The molecule has 0 radical (unpaired) electrons. The van der Waals surface area contributed by atoms with Crippen molar-refractivity contribution < 1.29 is 4.74 Å². The summed E-state index contributed by atoms with van der Waals surface area (Å²) < 4.78 is 5.44. The molecule has 0 bridgehead atoms. The summed E-state index contributed by atoms with van der Waals surface area (Å²) >= 11 is 6.68. The molecule has 4 nitrogen and oxygen atoms in total. The number of benzene rings is 2. The first-order valence-corrected chi connectivity index (χ1v) is 11.3. The van der Waals surface area contributed by atoms with Gasteiger partial charge in [-0.15, -0.1) is 0 Å². The molecule has 4 rings (SSSR count). The van der Waals surface area contributed by atoms with Crippen LogP contribution in [0.4, 0.5) is 17.1 Å². The maximum atomic E-state index is 6.68. The number of halogens is 1. The van der Waals surface area contributed by atoms with Crippen LogP contribution in [0.1, 0.15) is 51.2 Å². The lowest BCUT2D eigenvalue weighted by Gasteiger charge is -2.47. The van der Waals surface area contributed by atoms with Gasteiger partial charge in [-0.05, 0) is 75.1 Å². The first kappa shape index (κ1) is 21.2. The lowest BCUT2D eigenvalue weighted by molar-refractivity contribution is 0.122. The van der Waals surface area contributed by atoms with Crippen molar-refractivity contribution in [3.8, 4) is 0 Å². The predicted octanol–water partition coefficient (Wildman–Crippen LogP) is 6.04. The number of hydrogen-bond acceptors (Lipinski definition) is 4. The molecule has 2 aliphatic heterocycles. The van der Waals surface area contributed by atoms with E-state index in [9.17, 15) is 0 Å². The van der Waals surface area contributed by atoms with Crippen molar-refractivity contribution in [1.29, 1.82) is 0 Å². The minimum atomic E-state index is 0.141. The Morgan fingerprint density at radius 2 is 1.87 bits per heavy atom. The molecule has 30 heavy (non-hydrogen) atoms. The first-order chi connectivity index (χ1) is 14.4. The Labute approximate surface area is 185 Å². The van der Waals surface area contributed by atoms with Gasteiger partial charge >= 0.3 is 0 Å². The quantitative estimate of drug-likeness (QED) is 0.559. The van der Waals surface area contributed by atoms with Gasteiger partial charge in [0.15, 0.2) is 0 Å². The Balaban J connectivity index is 1.56. The predicted molar refractivity (Wildman–Crippen MR) is 128 cm³/mol. The SMILES string of the molecule is CCN1c2cc(Cl)c(C=Nc3ccc(N4CCOCC4)cc3)cc2C(C)CC1(C)C. The van der Waals surface area contributed by atoms with Crippen LogP contribution in [-0.4, -0.2) is 44.6 Å². The molecule has 0 aromatic heterocycles. The summed E-state index contributed by atoms with van der Waals surface area (Å²) in [6.07, 6.45) is 3.03. The van der Waals surface area contributed by atoms with E-state index in [0.29, 0.717) is 5.92 Å². The number of aliphatic imine (C=N–C) groups is 1. The molecule has 1 atom stereocenters.